The maximum atomic E-state index is 11.8. The largest absolute Gasteiger partial charge is 0.356 e. The summed E-state index contributed by atoms with van der Waals surface area (Å²) < 4.78 is 0. The van der Waals surface area contributed by atoms with Gasteiger partial charge in [-0.25, -0.2) is 0 Å². The Balaban J connectivity index is 2.10. The van der Waals surface area contributed by atoms with Crippen molar-refractivity contribution in [1.82, 2.24) is 5.32 Å². The van der Waals surface area contributed by atoms with Crippen LogP contribution in [0.3, 0.4) is 0 Å². The van der Waals surface area contributed by atoms with Gasteiger partial charge in [0, 0.05) is 17.5 Å². The number of rotatable bonds is 2. The van der Waals surface area contributed by atoms with Gasteiger partial charge in [0.15, 0.2) is 0 Å². The van der Waals surface area contributed by atoms with E-state index in [0.29, 0.717) is 0 Å². The third-order valence-electron chi connectivity index (χ3n) is 3.32. The molecule has 2 rings (SSSR count). The maximum absolute atomic E-state index is 11.8. The lowest BCUT2D eigenvalue weighted by molar-refractivity contribution is -0.124. The fourth-order valence-electron chi connectivity index (χ4n) is 2.28. The zero-order chi connectivity index (χ0) is 12.3. The summed E-state index contributed by atoms with van der Waals surface area (Å²) in [5.74, 6) is 0.261. The summed E-state index contributed by atoms with van der Waals surface area (Å²) in [5, 5.41) is 3.74. The SMILES string of the molecule is Cc1ccc(CC2CCCCNC2=O)c(Cl)c1. The van der Waals surface area contributed by atoms with Crippen LogP contribution in [0.5, 0.6) is 0 Å². The molecule has 1 unspecified atom stereocenters. The molecule has 1 aliphatic rings. The molecule has 1 atom stereocenters. The van der Waals surface area contributed by atoms with E-state index in [-0.39, 0.29) is 11.8 Å². The molecule has 1 aromatic carbocycles. The van der Waals surface area contributed by atoms with Crippen LogP contribution in [0.25, 0.3) is 0 Å². The Kier molecular flexibility index (Phi) is 4.06. The first-order valence-electron chi connectivity index (χ1n) is 6.19. The van der Waals surface area contributed by atoms with Crippen molar-refractivity contribution >= 4 is 17.5 Å². The first kappa shape index (κ1) is 12.4. The lowest BCUT2D eigenvalue weighted by Crippen LogP contribution is -2.30. The van der Waals surface area contributed by atoms with Crippen LogP contribution in [0.15, 0.2) is 18.2 Å². The molecule has 0 radical (unpaired) electrons. The summed E-state index contributed by atoms with van der Waals surface area (Å²) in [6, 6.07) is 6.05. The van der Waals surface area contributed by atoms with Crippen molar-refractivity contribution < 1.29 is 4.79 Å². The first-order chi connectivity index (χ1) is 8.16. The average Bonchev–Trinajstić information content (AvgIpc) is 2.48. The monoisotopic (exact) mass is 251 g/mol. The van der Waals surface area contributed by atoms with Gasteiger partial charge in [-0.05, 0) is 43.4 Å². The zero-order valence-electron chi connectivity index (χ0n) is 10.1. The van der Waals surface area contributed by atoms with E-state index in [1.807, 2.05) is 19.1 Å². The number of hydrogen-bond acceptors (Lipinski definition) is 1. The van der Waals surface area contributed by atoms with E-state index in [1.54, 1.807) is 0 Å². The van der Waals surface area contributed by atoms with E-state index in [4.69, 9.17) is 11.6 Å². The molecule has 92 valence electrons. The predicted molar refractivity (Wildman–Crippen MR) is 70.2 cm³/mol. The lowest BCUT2D eigenvalue weighted by Gasteiger charge is -2.14. The Hall–Kier alpha value is -1.02. The zero-order valence-corrected chi connectivity index (χ0v) is 10.9. The highest BCUT2D eigenvalue weighted by Gasteiger charge is 2.21. The van der Waals surface area contributed by atoms with Crippen LogP contribution in [0.1, 0.15) is 30.4 Å². The number of halogens is 1. The molecule has 17 heavy (non-hydrogen) atoms. The van der Waals surface area contributed by atoms with E-state index < -0.39 is 0 Å². The Morgan fingerprint density at radius 3 is 3.00 bits per heavy atom. The Morgan fingerprint density at radius 2 is 2.24 bits per heavy atom. The maximum Gasteiger partial charge on any atom is 0.223 e. The number of aryl methyl sites for hydroxylation is 1. The van der Waals surface area contributed by atoms with Gasteiger partial charge in [0.1, 0.15) is 0 Å². The summed E-state index contributed by atoms with van der Waals surface area (Å²) in [5.41, 5.74) is 2.24. The molecule has 0 saturated carbocycles. The third-order valence-corrected chi connectivity index (χ3v) is 3.68. The molecular weight excluding hydrogens is 234 g/mol. The minimum absolute atomic E-state index is 0.0812. The van der Waals surface area contributed by atoms with Crippen LogP contribution in [0.4, 0.5) is 0 Å². The van der Waals surface area contributed by atoms with Crippen LogP contribution >= 0.6 is 11.6 Å². The molecule has 0 aromatic heterocycles. The summed E-state index contributed by atoms with van der Waals surface area (Å²) in [7, 11) is 0. The van der Waals surface area contributed by atoms with Crippen LogP contribution in [-0.2, 0) is 11.2 Å². The van der Waals surface area contributed by atoms with E-state index in [9.17, 15) is 4.79 Å². The third kappa shape index (κ3) is 3.22. The molecule has 3 heteroatoms. The molecule has 0 bridgehead atoms. The normalized spacial score (nSPS) is 20.8. The number of nitrogens with one attached hydrogen (secondary N) is 1. The van der Waals surface area contributed by atoms with Gasteiger partial charge in [0.2, 0.25) is 5.91 Å². The smallest absolute Gasteiger partial charge is 0.223 e. The molecule has 1 fully saturated rings. The molecule has 1 heterocycles. The van der Waals surface area contributed by atoms with E-state index in [2.05, 4.69) is 11.4 Å². The predicted octanol–water partition coefficient (Wildman–Crippen LogP) is 3.11. The molecule has 1 aromatic rings. The number of benzene rings is 1. The first-order valence-corrected chi connectivity index (χ1v) is 6.57. The topological polar surface area (TPSA) is 29.1 Å². The summed E-state index contributed by atoms with van der Waals surface area (Å²) in [6.07, 6.45) is 3.93. The molecule has 0 aliphatic carbocycles. The second kappa shape index (κ2) is 5.54. The molecule has 1 saturated heterocycles. The van der Waals surface area contributed by atoms with Crippen LogP contribution in [0, 0.1) is 12.8 Å². The summed E-state index contributed by atoms with van der Waals surface area (Å²) >= 11 is 6.21. The van der Waals surface area contributed by atoms with Gasteiger partial charge in [-0.15, -0.1) is 0 Å². The summed E-state index contributed by atoms with van der Waals surface area (Å²) in [4.78, 5) is 11.8. The highest BCUT2D eigenvalue weighted by Crippen LogP contribution is 2.24. The van der Waals surface area contributed by atoms with Crippen molar-refractivity contribution in [1.29, 1.82) is 0 Å². The minimum atomic E-state index is 0.0812. The van der Waals surface area contributed by atoms with E-state index in [0.717, 1.165) is 48.4 Å². The van der Waals surface area contributed by atoms with Gasteiger partial charge < -0.3 is 5.32 Å². The van der Waals surface area contributed by atoms with Crippen molar-refractivity contribution in [2.45, 2.75) is 32.6 Å². The lowest BCUT2D eigenvalue weighted by atomic mass is 9.94. The highest BCUT2D eigenvalue weighted by atomic mass is 35.5. The molecule has 1 aliphatic heterocycles. The van der Waals surface area contributed by atoms with Crippen molar-refractivity contribution in [3.8, 4) is 0 Å². The van der Waals surface area contributed by atoms with Crippen molar-refractivity contribution in [3.63, 3.8) is 0 Å². The summed E-state index contributed by atoms with van der Waals surface area (Å²) in [6.45, 7) is 2.84. The Bertz CT molecular complexity index is 417. The van der Waals surface area contributed by atoms with Gasteiger partial charge >= 0.3 is 0 Å². The van der Waals surface area contributed by atoms with Crippen LogP contribution < -0.4 is 5.32 Å². The van der Waals surface area contributed by atoms with Gasteiger partial charge in [-0.3, -0.25) is 4.79 Å². The van der Waals surface area contributed by atoms with E-state index >= 15 is 0 Å². The Labute approximate surface area is 107 Å². The molecule has 1 N–H and O–H groups in total. The second-order valence-electron chi connectivity index (χ2n) is 4.78. The van der Waals surface area contributed by atoms with Crippen molar-refractivity contribution in [3.05, 3.63) is 34.3 Å². The van der Waals surface area contributed by atoms with Crippen LogP contribution in [-0.4, -0.2) is 12.5 Å². The highest BCUT2D eigenvalue weighted by molar-refractivity contribution is 6.31. The van der Waals surface area contributed by atoms with E-state index in [1.165, 1.54) is 0 Å². The number of hydrogen-bond donors (Lipinski definition) is 1. The molecular formula is C14H18ClNO. The van der Waals surface area contributed by atoms with Crippen molar-refractivity contribution in [2.75, 3.05) is 6.54 Å². The minimum Gasteiger partial charge on any atom is -0.356 e. The van der Waals surface area contributed by atoms with Crippen LogP contribution in [0.2, 0.25) is 5.02 Å². The molecule has 1 amide bonds. The molecule has 2 nitrogen and oxygen atoms in total. The standard InChI is InChI=1S/C14H18ClNO/c1-10-5-6-11(13(15)8-10)9-12-4-2-3-7-16-14(12)17/h5-6,8,12H,2-4,7,9H2,1H3,(H,16,17). The van der Waals surface area contributed by atoms with Crippen molar-refractivity contribution in [2.24, 2.45) is 5.92 Å². The number of amides is 1. The number of carbonyl (C=O) groups excluding carboxylic acids is 1. The fourth-order valence-corrected chi connectivity index (χ4v) is 2.59. The quantitative estimate of drug-likeness (QED) is 0.860. The molecule has 0 spiro atoms. The fraction of sp³-hybridized carbons (Fsp3) is 0.500. The Morgan fingerprint density at radius 1 is 1.41 bits per heavy atom. The second-order valence-corrected chi connectivity index (χ2v) is 5.19. The van der Waals surface area contributed by atoms with Gasteiger partial charge in [0.25, 0.3) is 0 Å². The van der Waals surface area contributed by atoms with Gasteiger partial charge in [0.05, 0.1) is 0 Å². The van der Waals surface area contributed by atoms with Gasteiger partial charge in [-0.1, -0.05) is 30.2 Å². The van der Waals surface area contributed by atoms with Gasteiger partial charge in [-0.2, -0.15) is 0 Å². The number of carbonyl (C=O) groups is 1. The average molecular weight is 252 g/mol.